The maximum Gasteiger partial charge on any atom is 0.234 e. The van der Waals surface area contributed by atoms with E-state index in [9.17, 15) is 9.18 Å². The molecule has 152 valence electrons. The van der Waals surface area contributed by atoms with Gasteiger partial charge in [-0.15, -0.1) is 10.2 Å². The number of amides is 1. The summed E-state index contributed by atoms with van der Waals surface area (Å²) in [6.45, 7) is 3.73. The lowest BCUT2D eigenvalue weighted by Gasteiger charge is -2.14. The maximum atomic E-state index is 13.0. The van der Waals surface area contributed by atoms with E-state index in [1.54, 1.807) is 35.9 Å². The molecule has 0 radical (unpaired) electrons. The zero-order chi connectivity index (χ0) is 21.0. The second-order valence-electron chi connectivity index (χ2n) is 6.41. The summed E-state index contributed by atoms with van der Waals surface area (Å²) in [6.07, 6.45) is -0.393. The van der Waals surface area contributed by atoms with E-state index in [2.05, 4.69) is 15.5 Å². The molecule has 0 bridgehead atoms. The summed E-state index contributed by atoms with van der Waals surface area (Å²) in [6, 6.07) is 11.1. The Labute approximate surface area is 177 Å². The van der Waals surface area contributed by atoms with E-state index in [-0.39, 0.29) is 17.5 Å². The summed E-state index contributed by atoms with van der Waals surface area (Å²) in [5.41, 5.74) is 1.61. The molecule has 0 aliphatic carbocycles. The Morgan fingerprint density at radius 2 is 2.00 bits per heavy atom. The smallest absolute Gasteiger partial charge is 0.234 e. The molecule has 0 saturated carbocycles. The van der Waals surface area contributed by atoms with E-state index < -0.39 is 6.10 Å². The highest BCUT2D eigenvalue weighted by atomic mass is 35.5. The van der Waals surface area contributed by atoms with Crippen molar-refractivity contribution >= 4 is 35.0 Å². The van der Waals surface area contributed by atoms with Gasteiger partial charge in [-0.25, -0.2) is 4.39 Å². The Bertz CT molecular complexity index is 1010. The van der Waals surface area contributed by atoms with E-state index >= 15 is 0 Å². The van der Waals surface area contributed by atoms with E-state index in [0.29, 0.717) is 27.4 Å². The molecule has 0 saturated heterocycles. The van der Waals surface area contributed by atoms with Gasteiger partial charge in [-0.3, -0.25) is 4.79 Å². The molecular formula is C20H20ClFN4O2S. The number of halogens is 2. The molecule has 1 unspecified atom stereocenters. The van der Waals surface area contributed by atoms with Crippen molar-refractivity contribution in [2.24, 2.45) is 7.05 Å². The minimum absolute atomic E-state index is 0.166. The third-order valence-electron chi connectivity index (χ3n) is 4.16. The number of hydrogen-bond acceptors (Lipinski definition) is 5. The minimum atomic E-state index is -0.393. The van der Waals surface area contributed by atoms with Crippen LogP contribution in [-0.2, 0) is 11.8 Å². The number of ether oxygens (including phenoxy) is 1. The molecule has 0 spiro atoms. The number of benzene rings is 2. The van der Waals surface area contributed by atoms with Crippen LogP contribution in [0.5, 0.6) is 5.75 Å². The van der Waals surface area contributed by atoms with Crippen LogP contribution in [0.2, 0.25) is 5.02 Å². The van der Waals surface area contributed by atoms with Crippen LogP contribution < -0.4 is 10.1 Å². The SMILES string of the molecule is Cc1ccc(Cl)cc1NC(=O)CSc1nnc(C(C)Oc2ccc(F)cc2)n1C. The molecule has 1 amide bonds. The first-order chi connectivity index (χ1) is 13.8. The molecule has 3 aromatic rings. The van der Waals surface area contributed by atoms with E-state index in [1.165, 1.54) is 23.9 Å². The van der Waals surface area contributed by atoms with Crippen molar-refractivity contribution in [3.63, 3.8) is 0 Å². The van der Waals surface area contributed by atoms with Gasteiger partial charge in [0.2, 0.25) is 5.91 Å². The summed E-state index contributed by atoms with van der Waals surface area (Å²) in [5, 5.41) is 12.3. The fraction of sp³-hybridized carbons (Fsp3) is 0.250. The van der Waals surface area contributed by atoms with Crippen LogP contribution in [0.25, 0.3) is 0 Å². The van der Waals surface area contributed by atoms with Crippen molar-refractivity contribution in [2.75, 3.05) is 11.1 Å². The van der Waals surface area contributed by atoms with Gasteiger partial charge in [0.05, 0.1) is 5.75 Å². The van der Waals surface area contributed by atoms with Gasteiger partial charge in [-0.05, 0) is 55.8 Å². The van der Waals surface area contributed by atoms with Gasteiger partial charge in [0.15, 0.2) is 17.1 Å². The summed E-state index contributed by atoms with van der Waals surface area (Å²) < 4.78 is 20.6. The first-order valence-electron chi connectivity index (χ1n) is 8.84. The number of nitrogens with one attached hydrogen (secondary N) is 1. The van der Waals surface area contributed by atoms with Crippen molar-refractivity contribution in [3.8, 4) is 5.75 Å². The standard InChI is InChI=1S/C20H20ClFN4O2S/c1-12-4-5-14(21)10-17(12)23-18(27)11-29-20-25-24-19(26(20)3)13(2)28-16-8-6-15(22)7-9-16/h4-10,13H,11H2,1-3H3,(H,23,27). The van der Waals surface area contributed by atoms with Gasteiger partial charge < -0.3 is 14.6 Å². The number of rotatable bonds is 7. The third-order valence-corrected chi connectivity index (χ3v) is 5.42. The Morgan fingerprint density at radius 3 is 2.72 bits per heavy atom. The Hall–Kier alpha value is -2.58. The Morgan fingerprint density at radius 1 is 1.28 bits per heavy atom. The van der Waals surface area contributed by atoms with Crippen LogP contribution in [0.3, 0.4) is 0 Å². The molecule has 1 N–H and O–H groups in total. The van der Waals surface area contributed by atoms with Crippen LogP contribution in [0, 0.1) is 12.7 Å². The number of aryl methyl sites for hydroxylation is 1. The zero-order valence-corrected chi connectivity index (χ0v) is 17.7. The summed E-state index contributed by atoms with van der Waals surface area (Å²) in [4.78, 5) is 12.3. The summed E-state index contributed by atoms with van der Waals surface area (Å²) >= 11 is 7.25. The second-order valence-corrected chi connectivity index (χ2v) is 7.79. The first kappa shape index (κ1) is 21.1. The zero-order valence-electron chi connectivity index (χ0n) is 16.1. The third kappa shape index (κ3) is 5.48. The molecule has 3 rings (SSSR count). The molecular weight excluding hydrogens is 415 g/mol. The average molecular weight is 435 g/mol. The lowest BCUT2D eigenvalue weighted by molar-refractivity contribution is -0.113. The van der Waals surface area contributed by atoms with Crippen LogP contribution in [-0.4, -0.2) is 26.4 Å². The lowest BCUT2D eigenvalue weighted by atomic mass is 10.2. The highest BCUT2D eigenvalue weighted by Gasteiger charge is 2.18. The quantitative estimate of drug-likeness (QED) is 0.541. The number of aromatic nitrogens is 3. The Balaban J connectivity index is 1.59. The van der Waals surface area contributed by atoms with Gasteiger partial charge in [0.1, 0.15) is 11.6 Å². The largest absolute Gasteiger partial charge is 0.483 e. The molecule has 1 aromatic heterocycles. The second kappa shape index (κ2) is 9.28. The first-order valence-corrected chi connectivity index (χ1v) is 10.2. The molecule has 1 heterocycles. The van der Waals surface area contributed by atoms with Crippen molar-refractivity contribution in [3.05, 3.63) is 64.7 Å². The fourth-order valence-corrected chi connectivity index (χ4v) is 3.51. The monoisotopic (exact) mass is 434 g/mol. The van der Waals surface area contributed by atoms with Crippen molar-refractivity contribution in [1.82, 2.24) is 14.8 Å². The van der Waals surface area contributed by atoms with Crippen molar-refractivity contribution in [1.29, 1.82) is 0 Å². The molecule has 6 nitrogen and oxygen atoms in total. The predicted octanol–water partition coefficient (Wildman–Crippen LogP) is 4.79. The van der Waals surface area contributed by atoms with Gasteiger partial charge in [-0.2, -0.15) is 0 Å². The van der Waals surface area contributed by atoms with Crippen LogP contribution in [0.1, 0.15) is 24.4 Å². The average Bonchev–Trinajstić information content (AvgIpc) is 3.05. The number of hydrogen-bond donors (Lipinski definition) is 1. The highest BCUT2D eigenvalue weighted by molar-refractivity contribution is 7.99. The minimum Gasteiger partial charge on any atom is -0.483 e. The van der Waals surface area contributed by atoms with Crippen molar-refractivity contribution in [2.45, 2.75) is 25.1 Å². The van der Waals surface area contributed by atoms with E-state index in [0.717, 1.165) is 5.56 Å². The van der Waals surface area contributed by atoms with Crippen molar-refractivity contribution < 1.29 is 13.9 Å². The lowest BCUT2D eigenvalue weighted by Crippen LogP contribution is -2.15. The number of nitrogens with zero attached hydrogens (tertiary/aromatic N) is 3. The van der Waals surface area contributed by atoms with Gasteiger partial charge in [0.25, 0.3) is 0 Å². The van der Waals surface area contributed by atoms with E-state index in [4.69, 9.17) is 16.3 Å². The molecule has 0 aliphatic rings. The molecule has 0 aliphatic heterocycles. The van der Waals surface area contributed by atoms with E-state index in [1.807, 2.05) is 19.9 Å². The fourth-order valence-electron chi connectivity index (χ4n) is 2.62. The topological polar surface area (TPSA) is 69.0 Å². The number of anilines is 1. The predicted molar refractivity (Wildman–Crippen MR) is 112 cm³/mol. The summed E-state index contributed by atoms with van der Waals surface area (Å²) in [5.74, 6) is 0.815. The maximum absolute atomic E-state index is 13.0. The van der Waals surface area contributed by atoms with Gasteiger partial charge in [0, 0.05) is 17.8 Å². The number of carbonyl (C=O) groups excluding carboxylic acids is 1. The Kier molecular flexibility index (Phi) is 6.76. The molecule has 9 heteroatoms. The van der Waals surface area contributed by atoms with Gasteiger partial charge >= 0.3 is 0 Å². The van der Waals surface area contributed by atoms with Crippen LogP contribution in [0.4, 0.5) is 10.1 Å². The summed E-state index contributed by atoms with van der Waals surface area (Å²) in [7, 11) is 1.81. The normalized spacial score (nSPS) is 11.9. The number of thioether (sulfide) groups is 1. The molecule has 2 aromatic carbocycles. The molecule has 1 atom stereocenters. The highest BCUT2D eigenvalue weighted by Crippen LogP contribution is 2.24. The number of carbonyl (C=O) groups is 1. The molecule has 29 heavy (non-hydrogen) atoms. The molecule has 0 fully saturated rings. The van der Waals surface area contributed by atoms with Gasteiger partial charge in [-0.1, -0.05) is 29.4 Å². The van der Waals surface area contributed by atoms with Crippen LogP contribution in [0.15, 0.2) is 47.6 Å². The van der Waals surface area contributed by atoms with Crippen LogP contribution >= 0.6 is 23.4 Å².